The highest BCUT2D eigenvalue weighted by atomic mass is 31.2. The molecule has 0 bridgehead atoms. The van der Waals surface area contributed by atoms with E-state index in [-0.39, 0.29) is 56.2 Å². The molecule has 1 fully saturated rings. The first-order valence-electron chi connectivity index (χ1n) is 18.1. The first-order chi connectivity index (χ1) is 27.1. The van der Waals surface area contributed by atoms with Crippen molar-refractivity contribution in [3.8, 4) is 11.5 Å². The Morgan fingerprint density at radius 3 is 1.16 bits per heavy atom. The zero-order valence-corrected chi connectivity index (χ0v) is 34.0. The van der Waals surface area contributed by atoms with Crippen LogP contribution < -0.4 is 20.1 Å². The van der Waals surface area contributed by atoms with Crippen LogP contribution in [0.2, 0.25) is 0 Å². The van der Waals surface area contributed by atoms with Crippen molar-refractivity contribution < 1.29 is 61.6 Å². The minimum Gasteiger partial charge on any atom is -0.497 e. The van der Waals surface area contributed by atoms with Crippen molar-refractivity contribution >= 4 is 31.8 Å². The highest BCUT2D eigenvalue weighted by Crippen LogP contribution is 2.52. The van der Waals surface area contributed by atoms with Crippen molar-refractivity contribution in [2.45, 2.75) is 52.9 Å². The number of urea groups is 1. The molecule has 1 unspecified atom stereocenters. The highest BCUT2D eigenvalue weighted by Gasteiger charge is 2.48. The monoisotopic (exact) mass is 814 g/mol. The number of hydrogen-bond acceptors (Lipinski definition) is 13. The number of carbonyl (C=O) groups excluding carboxylic acids is 1. The largest absolute Gasteiger partial charge is 0.497 e. The Balaban J connectivity index is 1.71. The predicted octanol–water partition coefficient (Wildman–Crippen LogP) is 8.13. The lowest BCUT2D eigenvalue weighted by atomic mass is 9.92. The molecular formula is C39H48N2O13P2. The van der Waals surface area contributed by atoms with Gasteiger partial charge in [-0.2, -0.15) is 0 Å². The summed E-state index contributed by atoms with van der Waals surface area (Å²) in [6.45, 7) is 7.43. The van der Waals surface area contributed by atoms with Gasteiger partial charge in [0.2, 0.25) is 0 Å². The zero-order chi connectivity index (χ0) is 40.1. The second-order valence-corrected chi connectivity index (χ2v) is 15.9. The first-order valence-corrected chi connectivity index (χ1v) is 21.2. The van der Waals surface area contributed by atoms with Crippen LogP contribution in [0.1, 0.15) is 62.0 Å². The standard InChI is InChI=1S/C39H48N2O13P2/c1-7-47-51-55(43,52-48-8-2)35-15-11-13-31(25-35)37-38(32-14-12-16-36(26-32)56(44,53-49-9-3)54-50-10-4)41(28-30-19-23-34(46-6)24-20-30)39(42)40(37)27-29-17-21-33(45-5)22-18-29/h11-26,37-38H,7-10,27-28H2,1-6H3/t37-,38?/m1/s1. The third-order valence-electron chi connectivity index (χ3n) is 8.62. The maximum atomic E-state index is 15.0. The van der Waals surface area contributed by atoms with Gasteiger partial charge in [-0.1, -0.05) is 48.5 Å². The molecule has 5 rings (SSSR count). The molecular weight excluding hydrogens is 766 g/mol. The van der Waals surface area contributed by atoms with Crippen LogP contribution >= 0.6 is 15.2 Å². The molecule has 17 heteroatoms. The molecule has 0 N–H and O–H groups in total. The Labute approximate surface area is 327 Å². The van der Waals surface area contributed by atoms with Crippen molar-refractivity contribution in [1.82, 2.24) is 9.80 Å². The molecule has 0 saturated carbocycles. The summed E-state index contributed by atoms with van der Waals surface area (Å²) >= 11 is 0. The van der Waals surface area contributed by atoms with Gasteiger partial charge in [0, 0.05) is 13.1 Å². The summed E-state index contributed by atoms with van der Waals surface area (Å²) in [4.78, 5) is 38.9. The van der Waals surface area contributed by atoms with Crippen molar-refractivity contribution in [1.29, 1.82) is 0 Å². The van der Waals surface area contributed by atoms with E-state index < -0.39 is 27.3 Å². The van der Waals surface area contributed by atoms with E-state index in [1.54, 1.807) is 88.1 Å². The lowest BCUT2D eigenvalue weighted by molar-refractivity contribution is -0.260. The summed E-state index contributed by atoms with van der Waals surface area (Å²) in [5.41, 5.74) is 2.81. The Morgan fingerprint density at radius 2 is 0.857 bits per heavy atom. The normalized spacial score (nSPS) is 16.1. The average Bonchev–Trinajstić information content (AvgIpc) is 3.50. The fourth-order valence-corrected chi connectivity index (χ4v) is 8.62. The summed E-state index contributed by atoms with van der Waals surface area (Å²) in [5, 5.41) is 0.268. The van der Waals surface area contributed by atoms with E-state index in [9.17, 15) is 13.9 Å². The molecule has 4 aromatic carbocycles. The third-order valence-corrected chi connectivity index (χ3v) is 11.6. The van der Waals surface area contributed by atoms with Crippen molar-refractivity contribution in [3.63, 3.8) is 0 Å². The molecule has 4 aromatic rings. The molecule has 2 amide bonds. The lowest BCUT2D eigenvalue weighted by Crippen LogP contribution is -2.32. The van der Waals surface area contributed by atoms with Gasteiger partial charge in [0.05, 0.1) is 63.3 Å². The number of amides is 2. The van der Waals surface area contributed by atoms with Crippen LogP contribution in [-0.4, -0.2) is 56.5 Å². The van der Waals surface area contributed by atoms with Gasteiger partial charge < -0.3 is 19.3 Å². The fourth-order valence-electron chi connectivity index (χ4n) is 6.10. The number of benzene rings is 4. The molecule has 56 heavy (non-hydrogen) atoms. The molecule has 302 valence electrons. The minimum atomic E-state index is -4.19. The van der Waals surface area contributed by atoms with Crippen molar-refractivity contribution in [2.75, 3.05) is 40.6 Å². The quantitative estimate of drug-likeness (QED) is 0.0427. The minimum absolute atomic E-state index is 0.0918. The van der Waals surface area contributed by atoms with E-state index in [0.717, 1.165) is 11.1 Å². The highest BCUT2D eigenvalue weighted by molar-refractivity contribution is 7.62. The predicted molar refractivity (Wildman–Crippen MR) is 206 cm³/mol. The summed E-state index contributed by atoms with van der Waals surface area (Å²) < 4.78 is 60.3. The third kappa shape index (κ3) is 10.2. The molecule has 1 aliphatic heterocycles. The van der Waals surface area contributed by atoms with Crippen LogP contribution in [0.3, 0.4) is 0 Å². The molecule has 1 aliphatic rings. The lowest BCUT2D eigenvalue weighted by Gasteiger charge is -2.30. The number of ether oxygens (including phenoxy) is 2. The number of carbonyl (C=O) groups is 1. The van der Waals surface area contributed by atoms with Gasteiger partial charge in [0.15, 0.2) is 0 Å². The molecule has 0 aromatic heterocycles. The molecule has 0 aliphatic carbocycles. The maximum absolute atomic E-state index is 15.0. The van der Waals surface area contributed by atoms with E-state index in [1.165, 1.54) is 0 Å². The molecule has 0 spiro atoms. The van der Waals surface area contributed by atoms with Crippen LogP contribution in [0.5, 0.6) is 11.5 Å². The van der Waals surface area contributed by atoms with Gasteiger partial charge in [-0.25, -0.2) is 33.5 Å². The van der Waals surface area contributed by atoms with E-state index in [1.807, 2.05) is 60.7 Å². The Bertz CT molecular complexity index is 1800. The SMILES string of the molecule is CCOOP(=O)(OOCC)c1cccc(C2[C@@H](c3cccc(P(=O)(OOCC)OOCC)c3)N(Cc3ccc(OC)cc3)C(=O)N2Cc2ccc(OC)cc2)c1. The van der Waals surface area contributed by atoms with Gasteiger partial charge >= 0.3 is 21.2 Å². The summed E-state index contributed by atoms with van der Waals surface area (Å²) in [7, 11) is -5.21. The Hall–Kier alpha value is -4.11. The molecule has 2 atom stereocenters. The Morgan fingerprint density at radius 1 is 0.518 bits per heavy atom. The van der Waals surface area contributed by atoms with E-state index in [2.05, 4.69) is 0 Å². The van der Waals surface area contributed by atoms with Crippen LogP contribution in [0.15, 0.2) is 97.1 Å². The fraction of sp³-hybridized carbons (Fsp3) is 0.359. The van der Waals surface area contributed by atoms with E-state index in [4.69, 9.17) is 47.7 Å². The summed E-state index contributed by atoms with van der Waals surface area (Å²) in [6.07, 6.45) is 0. The van der Waals surface area contributed by atoms with Gasteiger partial charge in [0.1, 0.15) is 11.5 Å². The van der Waals surface area contributed by atoms with Gasteiger partial charge in [-0.15, -0.1) is 18.7 Å². The zero-order valence-electron chi connectivity index (χ0n) is 32.2. The van der Waals surface area contributed by atoms with E-state index in [0.29, 0.717) is 22.6 Å². The average molecular weight is 815 g/mol. The van der Waals surface area contributed by atoms with Gasteiger partial charge in [0.25, 0.3) is 0 Å². The number of hydrogen-bond donors (Lipinski definition) is 0. The molecule has 0 radical (unpaired) electrons. The second-order valence-electron chi connectivity index (χ2n) is 12.2. The van der Waals surface area contributed by atoms with Crippen LogP contribution in [0.4, 0.5) is 4.79 Å². The number of methoxy groups -OCH3 is 2. The second kappa shape index (κ2) is 20.4. The Kier molecular flexibility index (Phi) is 15.6. The van der Waals surface area contributed by atoms with Crippen LogP contribution in [-0.2, 0) is 60.5 Å². The van der Waals surface area contributed by atoms with Crippen LogP contribution in [0, 0.1) is 0 Å². The summed E-state index contributed by atoms with van der Waals surface area (Å²) in [6, 6.07) is 26.5. The van der Waals surface area contributed by atoms with Crippen molar-refractivity contribution in [3.05, 3.63) is 119 Å². The van der Waals surface area contributed by atoms with E-state index >= 15 is 0 Å². The maximum Gasteiger partial charge on any atom is 0.414 e. The molecule has 15 nitrogen and oxygen atoms in total. The topological polar surface area (TPSA) is 150 Å². The molecule has 1 heterocycles. The number of nitrogens with zero attached hydrogens (tertiary/aromatic N) is 2. The first kappa shape index (κ1) is 43.0. The van der Waals surface area contributed by atoms with Gasteiger partial charge in [-0.3, -0.25) is 0 Å². The van der Waals surface area contributed by atoms with Crippen LogP contribution in [0.25, 0.3) is 0 Å². The molecule has 1 saturated heterocycles. The summed E-state index contributed by atoms with van der Waals surface area (Å²) in [5.74, 6) is 1.32. The van der Waals surface area contributed by atoms with Crippen molar-refractivity contribution in [2.24, 2.45) is 0 Å². The number of rotatable bonds is 22. The smallest absolute Gasteiger partial charge is 0.414 e. The van der Waals surface area contributed by atoms with Gasteiger partial charge in [-0.05, 0) is 98.5 Å².